The average Bonchev–Trinajstić information content (AvgIpc) is 2.67. The highest BCUT2D eigenvalue weighted by molar-refractivity contribution is 8.14. The molecule has 0 heterocycles. The number of nitrogens with one attached hydrogen (secondary N) is 4. The monoisotopic (exact) mass is 388 g/mol. The van der Waals surface area contributed by atoms with Gasteiger partial charge in [-0.15, -0.1) is 0 Å². The topological polar surface area (TPSA) is 133 Å². The third kappa shape index (κ3) is 8.83. The van der Waals surface area contributed by atoms with E-state index in [1.165, 1.54) is 7.05 Å². The van der Waals surface area contributed by atoms with E-state index >= 15 is 0 Å². The van der Waals surface area contributed by atoms with E-state index in [0.717, 1.165) is 11.8 Å². The van der Waals surface area contributed by atoms with E-state index in [4.69, 9.17) is 0 Å². The van der Waals surface area contributed by atoms with Crippen molar-refractivity contribution in [2.24, 2.45) is 0 Å². The Morgan fingerprint density at radius 2 is 1.31 bits per heavy atom. The molecule has 0 unspecified atom stereocenters. The zero-order valence-corrected chi connectivity index (χ0v) is 15.0. The summed E-state index contributed by atoms with van der Waals surface area (Å²) in [4.78, 5) is 57.3. The predicted octanol–water partition coefficient (Wildman–Crippen LogP) is -0.361. The minimum Gasteiger partial charge on any atom is -0.358 e. The maximum Gasteiger partial charge on any atom is 0.239 e. The molecule has 1 rings (SSSR count). The molecule has 0 radical (unpaired) electrons. The van der Waals surface area contributed by atoms with E-state index in [9.17, 15) is 24.0 Å². The molecule has 26 heavy (non-hydrogen) atoms. The number of thioether (sulfide) groups is 1. The van der Waals surface area contributed by atoms with Crippen molar-refractivity contribution in [3.8, 4) is 0 Å². The lowest BCUT2D eigenvalue weighted by atomic mass is 10.2. The van der Waals surface area contributed by atoms with Crippen LogP contribution in [0.1, 0.15) is 16.1 Å². The Labute approximate surface area is 160 Å². The highest BCUT2D eigenvalue weighted by atomic mass is 32.2. The summed E-state index contributed by atoms with van der Waals surface area (Å²) >= 11 is 0.834. The summed E-state index contributed by atoms with van der Waals surface area (Å²) in [5, 5.41) is 9.06. The van der Waals surface area contributed by atoms with Crippen molar-refractivity contribution in [2.75, 3.05) is 32.4 Å². The molecule has 10 heteroatoms. The van der Waals surface area contributed by atoms with E-state index < -0.39 is 17.7 Å². The normalized spacial score (nSPS) is 9.73. The number of hydrogen-bond acceptors (Lipinski definition) is 6. The quantitative estimate of drug-likeness (QED) is 0.456. The van der Waals surface area contributed by atoms with Gasteiger partial charge >= 0.3 is 0 Å². The summed E-state index contributed by atoms with van der Waals surface area (Å²) in [5.74, 6) is -2.05. The van der Waals surface area contributed by atoms with E-state index in [2.05, 4.69) is 21.3 Å². The summed E-state index contributed by atoms with van der Waals surface area (Å²) in [6, 6.07) is 8.53. The maximum absolute atomic E-state index is 11.8. The van der Waals surface area contributed by atoms with Crippen LogP contribution in [0, 0.1) is 0 Å². The Balaban J connectivity index is -0.000000845. The number of rotatable bonds is 9. The molecule has 1 aromatic rings. The van der Waals surface area contributed by atoms with Gasteiger partial charge in [-0.25, -0.2) is 0 Å². The third-order valence-electron chi connectivity index (χ3n) is 2.96. The second kappa shape index (κ2) is 11.6. The van der Waals surface area contributed by atoms with Gasteiger partial charge in [-0.2, -0.15) is 0 Å². The second-order valence-corrected chi connectivity index (χ2v) is 5.89. The van der Waals surface area contributed by atoms with Crippen LogP contribution >= 0.6 is 11.8 Å². The van der Waals surface area contributed by atoms with Crippen LogP contribution in [0.25, 0.3) is 0 Å². The molecular formula is C16H28N4O5S. The first-order chi connectivity index (χ1) is 12.4. The number of likely N-dealkylation sites (N-methyl/N-ethyl adjacent to an activating group) is 1. The van der Waals surface area contributed by atoms with Gasteiger partial charge in [0.2, 0.25) is 28.7 Å². The van der Waals surface area contributed by atoms with Crippen molar-refractivity contribution in [3.63, 3.8) is 0 Å². The first-order valence-electron chi connectivity index (χ1n) is 7.65. The molecule has 0 aliphatic rings. The van der Waals surface area contributed by atoms with Crippen molar-refractivity contribution in [1.29, 1.82) is 0 Å². The predicted molar refractivity (Wildman–Crippen MR) is 105 cm³/mol. The lowest BCUT2D eigenvalue weighted by Crippen LogP contribution is -2.44. The molecule has 0 aliphatic carbocycles. The van der Waals surface area contributed by atoms with Gasteiger partial charge in [0, 0.05) is 18.3 Å². The van der Waals surface area contributed by atoms with Gasteiger partial charge in [0.1, 0.15) is 0 Å². The van der Waals surface area contributed by atoms with Crippen molar-refractivity contribution in [3.05, 3.63) is 35.9 Å². The van der Waals surface area contributed by atoms with Crippen LogP contribution in [-0.4, -0.2) is 61.2 Å². The summed E-state index contributed by atoms with van der Waals surface area (Å²) in [5.41, 5.74) is 0.491. The van der Waals surface area contributed by atoms with Gasteiger partial charge in [-0.3, -0.25) is 24.0 Å². The van der Waals surface area contributed by atoms with E-state index in [1.54, 1.807) is 30.3 Å². The molecule has 148 valence electrons. The first kappa shape index (κ1) is 21.2. The molecule has 0 atom stereocenters. The van der Waals surface area contributed by atoms with Gasteiger partial charge in [-0.1, -0.05) is 42.1 Å². The second-order valence-electron chi connectivity index (χ2n) is 4.95. The number of amides is 4. The minimum absolute atomic E-state index is 0. The zero-order chi connectivity index (χ0) is 19.4. The highest BCUT2D eigenvalue weighted by Gasteiger charge is 2.11. The lowest BCUT2D eigenvalue weighted by Gasteiger charge is -2.07. The Kier molecular flexibility index (Phi) is 9.47. The summed E-state index contributed by atoms with van der Waals surface area (Å²) in [6.45, 7) is -0.816. The lowest BCUT2D eigenvalue weighted by molar-refractivity contribution is -0.128. The van der Waals surface area contributed by atoms with Crippen molar-refractivity contribution in [2.45, 2.75) is 0 Å². The number of carbonyl (C=O) groups is 5. The van der Waals surface area contributed by atoms with Gasteiger partial charge in [0.15, 0.2) is 0 Å². The Bertz CT molecular complexity index is 683. The largest absolute Gasteiger partial charge is 0.358 e. The molecule has 0 saturated carbocycles. The van der Waals surface area contributed by atoms with E-state index in [1.807, 2.05) is 0 Å². The minimum atomic E-state index is -0.562. The van der Waals surface area contributed by atoms with Crippen molar-refractivity contribution >= 4 is 40.5 Å². The zero-order valence-electron chi connectivity index (χ0n) is 14.2. The van der Waals surface area contributed by atoms with Crippen LogP contribution in [0.4, 0.5) is 0 Å². The van der Waals surface area contributed by atoms with Crippen LogP contribution in [0.2, 0.25) is 0 Å². The van der Waals surface area contributed by atoms with Crippen LogP contribution in [0.3, 0.4) is 0 Å². The van der Waals surface area contributed by atoms with Gasteiger partial charge < -0.3 is 21.3 Å². The molecule has 9 nitrogen and oxygen atoms in total. The third-order valence-corrected chi connectivity index (χ3v) is 3.87. The van der Waals surface area contributed by atoms with Crippen molar-refractivity contribution in [1.82, 2.24) is 21.3 Å². The number of carbonyl (C=O) groups excluding carboxylic acids is 5. The molecule has 0 saturated heterocycles. The Morgan fingerprint density at radius 1 is 0.808 bits per heavy atom. The number of hydrogen-bond donors (Lipinski definition) is 4. The molecule has 0 fully saturated rings. The van der Waals surface area contributed by atoms with Gasteiger partial charge in [-0.05, 0) is 0 Å². The summed E-state index contributed by atoms with van der Waals surface area (Å²) < 4.78 is 0. The molecular weight excluding hydrogens is 360 g/mol. The van der Waals surface area contributed by atoms with Crippen molar-refractivity contribution < 1.29 is 29.7 Å². The number of benzene rings is 1. The molecule has 4 N–H and O–H groups in total. The fourth-order valence-corrected chi connectivity index (χ4v) is 2.26. The highest BCUT2D eigenvalue weighted by Crippen LogP contribution is 2.11. The van der Waals surface area contributed by atoms with Crippen LogP contribution in [-0.2, 0) is 19.2 Å². The standard InChI is InChI=1S/C16H20N4O5S.4H2/c1-17-12(21)7-18-13(22)8-19-14(23)9-20-15(24)10-26-16(25)11-5-3-2-4-6-11;;;;/h2-6H,7-10H2,1H3,(H,17,21)(H,18,22)(H,19,23)(H,20,24);4*1H. The fourth-order valence-electron chi connectivity index (χ4n) is 1.59. The Hall–Kier alpha value is -2.88. The average molecular weight is 388 g/mol. The molecule has 0 aromatic heterocycles. The molecule has 0 bridgehead atoms. The van der Waals surface area contributed by atoms with Crippen LogP contribution < -0.4 is 21.3 Å². The Morgan fingerprint density at radius 3 is 1.85 bits per heavy atom. The molecule has 1 aromatic carbocycles. The van der Waals surface area contributed by atoms with Gasteiger partial charge in [0.25, 0.3) is 0 Å². The molecule has 0 aliphatic heterocycles. The van der Waals surface area contributed by atoms with Crippen LogP contribution in [0.5, 0.6) is 0 Å². The maximum atomic E-state index is 11.8. The van der Waals surface area contributed by atoms with Gasteiger partial charge in [0.05, 0.1) is 25.4 Å². The van der Waals surface area contributed by atoms with Crippen LogP contribution in [0.15, 0.2) is 30.3 Å². The summed E-state index contributed by atoms with van der Waals surface area (Å²) in [6.07, 6.45) is 0. The molecule has 0 spiro atoms. The first-order valence-corrected chi connectivity index (χ1v) is 8.63. The molecule has 4 amide bonds. The van der Waals surface area contributed by atoms with E-state index in [0.29, 0.717) is 5.56 Å². The smallest absolute Gasteiger partial charge is 0.239 e. The fraction of sp³-hybridized carbons (Fsp3) is 0.312. The summed E-state index contributed by atoms with van der Waals surface area (Å²) in [7, 11) is 1.44. The van der Waals surface area contributed by atoms with E-state index in [-0.39, 0.29) is 42.1 Å². The SMILES string of the molecule is CNC(=O)CNC(=O)CNC(=O)CNC(=O)CSC(=O)c1ccccc1.[HH].[HH].[HH].[HH].